The lowest BCUT2D eigenvalue weighted by molar-refractivity contribution is -0.132. The molecule has 0 fully saturated rings. The zero-order chi connectivity index (χ0) is 20.7. The number of ether oxygens (including phenoxy) is 5. The van der Waals surface area contributed by atoms with Crippen molar-refractivity contribution >= 4 is 17.8 Å². The molecule has 0 bridgehead atoms. The van der Waals surface area contributed by atoms with Crippen molar-refractivity contribution in [1.82, 2.24) is 0 Å². The highest BCUT2D eigenvalue weighted by atomic mass is 16.6. The minimum Gasteiger partial charge on any atom is -0.493 e. The zero-order valence-electron chi connectivity index (χ0n) is 16.4. The normalized spacial score (nSPS) is 10.5. The number of carbonyl (C=O) groups excluding carboxylic acids is 2. The molecule has 148 valence electrons. The van der Waals surface area contributed by atoms with Gasteiger partial charge in [-0.2, -0.15) is 0 Å². The van der Waals surface area contributed by atoms with Gasteiger partial charge in [0.2, 0.25) is 5.75 Å². The second-order valence-electron chi connectivity index (χ2n) is 5.62. The fourth-order valence-corrected chi connectivity index (χ4v) is 2.52. The van der Waals surface area contributed by atoms with Crippen LogP contribution in [0.25, 0.3) is 6.08 Å². The molecule has 0 saturated carbocycles. The van der Waals surface area contributed by atoms with E-state index in [1.54, 1.807) is 36.4 Å². The first-order chi connectivity index (χ1) is 13.4. The van der Waals surface area contributed by atoms with Crippen molar-refractivity contribution in [2.24, 2.45) is 0 Å². The van der Waals surface area contributed by atoms with E-state index in [0.717, 1.165) is 0 Å². The van der Waals surface area contributed by atoms with Gasteiger partial charge in [-0.1, -0.05) is 12.1 Å². The van der Waals surface area contributed by atoms with Gasteiger partial charge in [0.1, 0.15) is 0 Å². The summed E-state index contributed by atoms with van der Waals surface area (Å²) in [7, 11) is 5.93. The van der Waals surface area contributed by atoms with E-state index in [1.807, 2.05) is 0 Å². The molecule has 0 amide bonds. The maximum absolute atomic E-state index is 12.6. The van der Waals surface area contributed by atoms with Gasteiger partial charge in [-0.25, -0.2) is 0 Å². The van der Waals surface area contributed by atoms with Crippen molar-refractivity contribution in [2.75, 3.05) is 28.4 Å². The maximum atomic E-state index is 12.6. The summed E-state index contributed by atoms with van der Waals surface area (Å²) in [6, 6.07) is 8.16. The van der Waals surface area contributed by atoms with Crippen molar-refractivity contribution in [3.05, 3.63) is 47.5 Å². The van der Waals surface area contributed by atoms with Crippen LogP contribution >= 0.6 is 0 Å². The molecule has 0 N–H and O–H groups in total. The van der Waals surface area contributed by atoms with Gasteiger partial charge in [-0.3, -0.25) is 9.59 Å². The van der Waals surface area contributed by atoms with E-state index in [0.29, 0.717) is 34.1 Å². The standard InChI is InChI=1S/C21H22O7/c1-13(22)28-18-10-14(7-9-17(18)24-2)6-8-16(23)15-11-19(25-3)21(27-5)20(12-15)26-4/h6-12H,1-5H3. The van der Waals surface area contributed by atoms with Crippen LogP contribution in [0.1, 0.15) is 22.8 Å². The van der Waals surface area contributed by atoms with E-state index in [4.69, 9.17) is 23.7 Å². The lowest BCUT2D eigenvalue weighted by Crippen LogP contribution is -2.03. The third-order valence-corrected chi connectivity index (χ3v) is 3.82. The Morgan fingerprint density at radius 2 is 1.39 bits per heavy atom. The number of ketones is 1. The first kappa shape index (κ1) is 20.8. The van der Waals surface area contributed by atoms with Crippen LogP contribution in [-0.2, 0) is 4.79 Å². The lowest BCUT2D eigenvalue weighted by atomic mass is 10.1. The van der Waals surface area contributed by atoms with Gasteiger partial charge in [-0.15, -0.1) is 0 Å². The maximum Gasteiger partial charge on any atom is 0.308 e. The highest BCUT2D eigenvalue weighted by molar-refractivity contribution is 6.07. The number of hydrogen-bond acceptors (Lipinski definition) is 7. The molecule has 7 heteroatoms. The number of allylic oxidation sites excluding steroid dienone is 1. The number of esters is 1. The Morgan fingerprint density at radius 3 is 1.89 bits per heavy atom. The van der Waals surface area contributed by atoms with E-state index < -0.39 is 5.97 Å². The molecular weight excluding hydrogens is 364 g/mol. The SMILES string of the molecule is COc1ccc(C=CC(=O)c2cc(OC)c(OC)c(OC)c2)cc1OC(C)=O. The molecule has 2 rings (SSSR count). The van der Waals surface area contributed by atoms with Crippen molar-refractivity contribution < 1.29 is 33.3 Å². The van der Waals surface area contributed by atoms with Crippen LogP contribution in [0, 0.1) is 0 Å². The van der Waals surface area contributed by atoms with Gasteiger partial charge in [0, 0.05) is 12.5 Å². The van der Waals surface area contributed by atoms with Crippen LogP contribution < -0.4 is 23.7 Å². The Bertz CT molecular complexity index is 875. The van der Waals surface area contributed by atoms with Gasteiger partial charge >= 0.3 is 5.97 Å². The van der Waals surface area contributed by atoms with Crippen LogP contribution in [0.5, 0.6) is 28.7 Å². The Balaban J connectivity index is 2.32. The second kappa shape index (κ2) is 9.45. The summed E-state index contributed by atoms with van der Waals surface area (Å²) in [5.74, 6) is 1.16. The van der Waals surface area contributed by atoms with E-state index in [-0.39, 0.29) is 11.5 Å². The summed E-state index contributed by atoms with van der Waals surface area (Å²) in [4.78, 5) is 23.8. The molecule has 2 aromatic carbocycles. The monoisotopic (exact) mass is 386 g/mol. The molecule has 0 aliphatic rings. The molecule has 7 nitrogen and oxygen atoms in total. The van der Waals surface area contributed by atoms with E-state index in [1.165, 1.54) is 41.4 Å². The average Bonchev–Trinajstić information content (AvgIpc) is 2.70. The molecule has 0 heterocycles. The molecule has 28 heavy (non-hydrogen) atoms. The van der Waals surface area contributed by atoms with Gasteiger partial charge in [0.05, 0.1) is 28.4 Å². The molecule has 0 saturated heterocycles. The summed E-state index contributed by atoms with van der Waals surface area (Å²) in [6.45, 7) is 1.30. The first-order valence-corrected chi connectivity index (χ1v) is 8.32. The largest absolute Gasteiger partial charge is 0.493 e. The molecule has 0 spiro atoms. The van der Waals surface area contributed by atoms with Crippen molar-refractivity contribution in [3.8, 4) is 28.7 Å². The summed E-state index contributed by atoms with van der Waals surface area (Å²) >= 11 is 0. The highest BCUT2D eigenvalue weighted by Gasteiger charge is 2.16. The number of methoxy groups -OCH3 is 4. The van der Waals surface area contributed by atoms with E-state index in [2.05, 4.69) is 0 Å². The fourth-order valence-electron chi connectivity index (χ4n) is 2.52. The Hall–Kier alpha value is -3.48. The van der Waals surface area contributed by atoms with Gasteiger partial charge in [-0.05, 0) is 35.9 Å². The van der Waals surface area contributed by atoms with Crippen molar-refractivity contribution in [1.29, 1.82) is 0 Å². The lowest BCUT2D eigenvalue weighted by Gasteiger charge is -2.13. The molecule has 0 radical (unpaired) electrons. The molecular formula is C21H22O7. The molecule has 0 aliphatic carbocycles. The Kier molecular flexibility index (Phi) is 7.03. The molecule has 0 atom stereocenters. The highest BCUT2D eigenvalue weighted by Crippen LogP contribution is 2.38. The van der Waals surface area contributed by atoms with Crippen LogP contribution in [0.2, 0.25) is 0 Å². The minimum absolute atomic E-state index is 0.260. The minimum atomic E-state index is -0.465. The fraction of sp³-hybridized carbons (Fsp3) is 0.238. The third kappa shape index (κ3) is 4.82. The Labute approximate surface area is 163 Å². The summed E-state index contributed by atoms with van der Waals surface area (Å²) in [5, 5.41) is 0. The summed E-state index contributed by atoms with van der Waals surface area (Å²) in [6.07, 6.45) is 3.01. The third-order valence-electron chi connectivity index (χ3n) is 3.82. The molecule has 0 aliphatic heterocycles. The number of hydrogen-bond donors (Lipinski definition) is 0. The predicted molar refractivity (Wildman–Crippen MR) is 104 cm³/mol. The van der Waals surface area contributed by atoms with Crippen molar-refractivity contribution in [3.63, 3.8) is 0 Å². The van der Waals surface area contributed by atoms with E-state index in [9.17, 15) is 9.59 Å². The van der Waals surface area contributed by atoms with Crippen LogP contribution in [-0.4, -0.2) is 40.2 Å². The predicted octanol–water partition coefficient (Wildman–Crippen LogP) is 3.54. The van der Waals surface area contributed by atoms with Crippen LogP contribution in [0.4, 0.5) is 0 Å². The topological polar surface area (TPSA) is 80.3 Å². The quantitative estimate of drug-likeness (QED) is 0.297. The molecule has 0 aromatic heterocycles. The second-order valence-corrected chi connectivity index (χ2v) is 5.62. The first-order valence-electron chi connectivity index (χ1n) is 8.32. The summed E-state index contributed by atoms with van der Waals surface area (Å²) < 4.78 is 26.1. The van der Waals surface area contributed by atoms with Crippen molar-refractivity contribution in [2.45, 2.75) is 6.92 Å². The van der Waals surface area contributed by atoms with E-state index >= 15 is 0 Å². The molecule has 0 unspecified atom stereocenters. The number of rotatable bonds is 8. The van der Waals surface area contributed by atoms with Gasteiger partial charge < -0.3 is 23.7 Å². The van der Waals surface area contributed by atoms with Gasteiger partial charge in [0.25, 0.3) is 0 Å². The van der Waals surface area contributed by atoms with Crippen LogP contribution in [0.15, 0.2) is 36.4 Å². The van der Waals surface area contributed by atoms with Gasteiger partial charge in [0.15, 0.2) is 28.8 Å². The molecule has 2 aromatic rings. The average molecular weight is 386 g/mol. The number of benzene rings is 2. The number of carbonyl (C=O) groups is 2. The summed E-state index contributed by atoms with van der Waals surface area (Å²) in [5.41, 5.74) is 1.04. The smallest absolute Gasteiger partial charge is 0.308 e. The Morgan fingerprint density at radius 1 is 0.786 bits per heavy atom. The zero-order valence-corrected chi connectivity index (χ0v) is 16.4. The van der Waals surface area contributed by atoms with Crippen LogP contribution in [0.3, 0.4) is 0 Å².